The lowest BCUT2D eigenvalue weighted by atomic mass is 9.90. The first-order chi connectivity index (χ1) is 5.11. The highest BCUT2D eigenvalue weighted by Gasteiger charge is 2.16. The Morgan fingerprint density at radius 2 is 2.09 bits per heavy atom. The molecule has 0 atom stereocenters. The average Bonchev–Trinajstić information content (AvgIpc) is 2.10. The van der Waals surface area contributed by atoms with Gasteiger partial charge in [-0.25, -0.2) is 0 Å². The van der Waals surface area contributed by atoms with Crippen molar-refractivity contribution in [2.75, 3.05) is 0 Å². The van der Waals surface area contributed by atoms with Gasteiger partial charge < -0.3 is 0 Å². The van der Waals surface area contributed by atoms with E-state index in [1.54, 1.807) is 6.08 Å². The molecule has 0 N–H and O–H groups in total. The Hall–Kier alpha value is -1.14. The van der Waals surface area contributed by atoms with E-state index in [9.17, 15) is 0 Å². The van der Waals surface area contributed by atoms with Crippen molar-refractivity contribution >= 4 is 11.6 Å². The van der Waals surface area contributed by atoms with Gasteiger partial charge in [0.1, 0.15) is 0 Å². The van der Waals surface area contributed by atoms with Crippen molar-refractivity contribution < 1.29 is 0 Å². The molecule has 1 heterocycles. The molecule has 0 aliphatic carbocycles. The van der Waals surface area contributed by atoms with Gasteiger partial charge in [0.15, 0.2) is 0 Å². The van der Waals surface area contributed by atoms with E-state index in [0.29, 0.717) is 0 Å². The predicted molar refractivity (Wildman–Crippen MR) is 48.0 cm³/mol. The topological polar surface area (TPSA) is 24.7 Å². The summed E-state index contributed by atoms with van der Waals surface area (Å²) in [7, 11) is 0. The summed E-state index contributed by atoms with van der Waals surface area (Å²) in [6.45, 7) is 6.32. The van der Waals surface area contributed by atoms with E-state index in [-0.39, 0.29) is 5.41 Å². The zero-order chi connectivity index (χ0) is 8.32. The molecule has 2 nitrogen and oxygen atoms in total. The van der Waals surface area contributed by atoms with Crippen LogP contribution in [0, 0.1) is 5.41 Å². The van der Waals surface area contributed by atoms with Gasteiger partial charge in [-0.3, -0.25) is 0 Å². The van der Waals surface area contributed by atoms with Crippen molar-refractivity contribution in [3.63, 3.8) is 0 Å². The number of hydrogen-bond acceptors (Lipinski definition) is 2. The minimum Gasteiger partial charge on any atom is -0.146 e. The van der Waals surface area contributed by atoms with Crippen molar-refractivity contribution in [2.45, 2.75) is 20.8 Å². The summed E-state index contributed by atoms with van der Waals surface area (Å²) in [5.74, 6) is 2.68. The Morgan fingerprint density at radius 1 is 1.36 bits per heavy atom. The second-order valence-corrected chi connectivity index (χ2v) is 3.49. The summed E-state index contributed by atoms with van der Waals surface area (Å²) in [5, 5.41) is 7.75. The van der Waals surface area contributed by atoms with Gasteiger partial charge in [-0.15, -0.1) is 10.2 Å². The van der Waals surface area contributed by atoms with Crippen LogP contribution in [0.5, 0.6) is 0 Å². The minimum absolute atomic E-state index is 0.0693. The van der Waals surface area contributed by atoms with E-state index in [4.69, 9.17) is 0 Å². The molecule has 1 aliphatic heterocycles. The molecular formula is C9H12N2. The number of hydrogen-bond donors (Lipinski definition) is 0. The summed E-state index contributed by atoms with van der Waals surface area (Å²) in [6.07, 6.45) is 5.62. The molecule has 0 unspecified atom stereocenters. The lowest BCUT2D eigenvalue weighted by molar-refractivity contribution is 0.592. The smallest absolute Gasteiger partial charge is 0.0691 e. The lowest BCUT2D eigenvalue weighted by Gasteiger charge is -2.16. The van der Waals surface area contributed by atoms with Gasteiger partial charge in [-0.05, 0) is 6.08 Å². The summed E-state index contributed by atoms with van der Waals surface area (Å²) in [6, 6.07) is 0. The molecule has 0 bridgehead atoms. The Balaban J connectivity index is 2.93. The van der Waals surface area contributed by atoms with Crippen molar-refractivity contribution in [3.8, 4) is 0 Å². The second kappa shape index (κ2) is 2.85. The molecular weight excluding hydrogens is 136 g/mol. The van der Waals surface area contributed by atoms with E-state index in [1.807, 2.05) is 12.2 Å². The van der Waals surface area contributed by atoms with Gasteiger partial charge in [0, 0.05) is 17.4 Å². The third-order valence-corrected chi connectivity index (χ3v) is 1.41. The highest BCUT2D eigenvalue weighted by Crippen LogP contribution is 2.17. The number of allylic oxidation sites excluding steroid dienone is 3. The zero-order valence-corrected chi connectivity index (χ0v) is 7.13. The van der Waals surface area contributed by atoms with Crippen LogP contribution in [0.2, 0.25) is 0 Å². The van der Waals surface area contributed by atoms with Crippen LogP contribution in [0.3, 0.4) is 0 Å². The maximum Gasteiger partial charge on any atom is 0.0691 e. The molecule has 0 aromatic carbocycles. The first-order valence-electron chi connectivity index (χ1n) is 3.64. The lowest BCUT2D eigenvalue weighted by Crippen LogP contribution is -2.17. The van der Waals surface area contributed by atoms with Crippen LogP contribution in [0.4, 0.5) is 0 Å². The molecule has 0 aromatic heterocycles. The van der Waals surface area contributed by atoms with Crippen LogP contribution in [0.15, 0.2) is 28.4 Å². The Bertz CT molecular complexity index is 258. The largest absolute Gasteiger partial charge is 0.146 e. The quantitative estimate of drug-likeness (QED) is 0.503. The van der Waals surface area contributed by atoms with Crippen LogP contribution in [0.1, 0.15) is 20.8 Å². The standard InChI is InChI=1S/C9H12N2/c1-9(2,3)8-6-4-5-7-10-11-8/h4-6H,1-3H3. The number of nitrogens with zero attached hydrogens (tertiary/aromatic N) is 2. The summed E-state index contributed by atoms with van der Waals surface area (Å²) in [5.41, 5.74) is 1.05. The fourth-order valence-corrected chi connectivity index (χ4v) is 0.732. The maximum atomic E-state index is 4.01. The van der Waals surface area contributed by atoms with E-state index in [0.717, 1.165) is 5.71 Å². The first kappa shape index (κ1) is 7.96. The van der Waals surface area contributed by atoms with Crippen LogP contribution in [0.25, 0.3) is 0 Å². The van der Waals surface area contributed by atoms with Crippen LogP contribution in [-0.2, 0) is 0 Å². The monoisotopic (exact) mass is 148 g/mol. The van der Waals surface area contributed by atoms with Crippen molar-refractivity contribution in [2.24, 2.45) is 15.6 Å². The predicted octanol–water partition coefficient (Wildman–Crippen LogP) is 2.18. The molecule has 0 fully saturated rings. The molecule has 2 heteroatoms. The summed E-state index contributed by atoms with van der Waals surface area (Å²) < 4.78 is 0. The van der Waals surface area contributed by atoms with Gasteiger partial charge >= 0.3 is 0 Å². The highest BCUT2D eigenvalue weighted by atomic mass is 15.2. The highest BCUT2D eigenvalue weighted by molar-refractivity contribution is 5.99. The number of rotatable bonds is 0. The average molecular weight is 148 g/mol. The normalized spacial score (nSPS) is 16.5. The molecule has 1 rings (SSSR count). The fourth-order valence-electron chi connectivity index (χ4n) is 0.732. The van der Waals surface area contributed by atoms with Gasteiger partial charge in [0.2, 0.25) is 0 Å². The van der Waals surface area contributed by atoms with Crippen LogP contribution < -0.4 is 0 Å². The minimum atomic E-state index is 0.0693. The van der Waals surface area contributed by atoms with Crippen molar-refractivity contribution in [1.82, 2.24) is 0 Å². The van der Waals surface area contributed by atoms with E-state index >= 15 is 0 Å². The Kier molecular flexibility index (Phi) is 2.06. The fraction of sp³-hybridized carbons (Fsp3) is 0.444. The SMILES string of the molecule is CC(C)(C)C1=NN=C=CC=C1. The van der Waals surface area contributed by atoms with Gasteiger partial charge in [-0.2, -0.15) is 0 Å². The molecule has 11 heavy (non-hydrogen) atoms. The zero-order valence-electron chi connectivity index (χ0n) is 7.13. The molecule has 0 saturated heterocycles. The van der Waals surface area contributed by atoms with E-state index < -0.39 is 0 Å². The van der Waals surface area contributed by atoms with Crippen molar-refractivity contribution in [3.05, 3.63) is 18.2 Å². The van der Waals surface area contributed by atoms with Crippen LogP contribution >= 0.6 is 0 Å². The van der Waals surface area contributed by atoms with Crippen LogP contribution in [-0.4, -0.2) is 11.6 Å². The van der Waals surface area contributed by atoms with E-state index in [2.05, 4.69) is 36.8 Å². The maximum absolute atomic E-state index is 4.01. The Morgan fingerprint density at radius 3 is 2.73 bits per heavy atom. The summed E-state index contributed by atoms with van der Waals surface area (Å²) >= 11 is 0. The molecule has 0 radical (unpaired) electrons. The first-order valence-corrected chi connectivity index (χ1v) is 3.64. The molecule has 0 aromatic rings. The third-order valence-electron chi connectivity index (χ3n) is 1.41. The van der Waals surface area contributed by atoms with Gasteiger partial charge in [0.05, 0.1) is 5.71 Å². The molecule has 0 saturated carbocycles. The molecule has 1 aliphatic rings. The molecule has 0 amide bonds. The molecule has 0 spiro atoms. The van der Waals surface area contributed by atoms with Gasteiger partial charge in [0.25, 0.3) is 0 Å². The van der Waals surface area contributed by atoms with Crippen molar-refractivity contribution in [1.29, 1.82) is 0 Å². The van der Waals surface area contributed by atoms with E-state index in [1.165, 1.54) is 0 Å². The second-order valence-electron chi connectivity index (χ2n) is 3.49. The van der Waals surface area contributed by atoms with Gasteiger partial charge in [-0.1, -0.05) is 26.8 Å². The molecule has 58 valence electrons. The third kappa shape index (κ3) is 2.17. The summed E-state index contributed by atoms with van der Waals surface area (Å²) in [4.78, 5) is 0. The Labute approximate surface area is 67.0 Å².